The number of nitrogens with zero attached hydrogens (tertiary/aromatic N) is 3. The second-order valence-corrected chi connectivity index (χ2v) is 9.66. The molecule has 0 aliphatic carbocycles. The fraction of sp³-hybridized carbons (Fsp3) is 0.600. The summed E-state index contributed by atoms with van der Waals surface area (Å²) in [6.45, 7) is 4.63. The predicted octanol–water partition coefficient (Wildman–Crippen LogP) is 2.33. The summed E-state index contributed by atoms with van der Waals surface area (Å²) in [7, 11) is -3.18. The van der Waals surface area contributed by atoms with Crippen LogP contribution in [0.4, 0.5) is 6.01 Å². The van der Waals surface area contributed by atoms with Crippen LogP contribution in [0.1, 0.15) is 32.0 Å². The van der Waals surface area contributed by atoms with Gasteiger partial charge in [-0.15, -0.1) is 0 Å². The van der Waals surface area contributed by atoms with E-state index in [1.54, 1.807) is 24.3 Å². The summed E-state index contributed by atoms with van der Waals surface area (Å²) in [6, 6.07) is 7.10. The highest BCUT2D eigenvalue weighted by Gasteiger charge is 2.26. The summed E-state index contributed by atoms with van der Waals surface area (Å²) in [4.78, 5) is 6.74. The SMILES string of the molecule is C[C@H](CCOc1ccc(S(C)(=O)=O)cc1)C1CCN(c2nc(CCO)no2)CC1. The van der Waals surface area contributed by atoms with Gasteiger partial charge in [-0.2, -0.15) is 4.98 Å². The molecule has 1 aliphatic heterocycles. The van der Waals surface area contributed by atoms with Gasteiger partial charge in [0.05, 0.1) is 18.1 Å². The van der Waals surface area contributed by atoms with Crippen molar-refractivity contribution in [2.45, 2.75) is 37.5 Å². The molecule has 0 saturated carbocycles. The lowest BCUT2D eigenvalue weighted by molar-refractivity contribution is 0.220. The van der Waals surface area contributed by atoms with Gasteiger partial charge in [0.2, 0.25) is 0 Å². The molecule has 1 aromatic carbocycles. The van der Waals surface area contributed by atoms with Crippen LogP contribution in [0.15, 0.2) is 33.7 Å². The number of hydrogen-bond donors (Lipinski definition) is 1. The highest BCUT2D eigenvalue weighted by atomic mass is 32.2. The number of aliphatic hydroxyl groups is 1. The van der Waals surface area contributed by atoms with Crippen LogP contribution in [0.2, 0.25) is 0 Å². The summed E-state index contributed by atoms with van der Waals surface area (Å²) < 4.78 is 34.1. The van der Waals surface area contributed by atoms with E-state index in [-0.39, 0.29) is 6.61 Å². The van der Waals surface area contributed by atoms with Gasteiger partial charge in [-0.25, -0.2) is 8.42 Å². The van der Waals surface area contributed by atoms with Crippen LogP contribution in [0.25, 0.3) is 0 Å². The lowest BCUT2D eigenvalue weighted by atomic mass is 9.84. The molecule has 1 N–H and O–H groups in total. The minimum Gasteiger partial charge on any atom is -0.494 e. The molecule has 3 rings (SSSR count). The highest BCUT2D eigenvalue weighted by molar-refractivity contribution is 7.90. The van der Waals surface area contributed by atoms with Crippen LogP contribution in [0.5, 0.6) is 5.75 Å². The van der Waals surface area contributed by atoms with Crippen LogP contribution in [0.3, 0.4) is 0 Å². The lowest BCUT2D eigenvalue weighted by Gasteiger charge is -2.33. The van der Waals surface area contributed by atoms with Gasteiger partial charge < -0.3 is 19.3 Å². The van der Waals surface area contributed by atoms with E-state index in [4.69, 9.17) is 14.4 Å². The van der Waals surface area contributed by atoms with Crippen molar-refractivity contribution in [1.29, 1.82) is 0 Å². The standard InChI is InChI=1S/C20H29N3O5S/c1-15(10-14-27-17-3-5-18(6-4-17)29(2,25)26)16-7-11-23(12-8-16)20-21-19(9-13-24)22-28-20/h3-6,15-16,24H,7-14H2,1-2H3/t15-/m1/s1. The van der Waals surface area contributed by atoms with Gasteiger partial charge in [0.25, 0.3) is 0 Å². The molecule has 1 atom stereocenters. The first kappa shape index (κ1) is 21.6. The first-order valence-corrected chi connectivity index (χ1v) is 11.9. The second-order valence-electron chi connectivity index (χ2n) is 7.65. The molecule has 0 bridgehead atoms. The smallest absolute Gasteiger partial charge is 0.324 e. The van der Waals surface area contributed by atoms with E-state index in [0.717, 1.165) is 32.4 Å². The Bertz CT molecular complexity index is 874. The molecule has 160 valence electrons. The summed E-state index contributed by atoms with van der Waals surface area (Å²) in [5, 5.41) is 12.8. The zero-order valence-electron chi connectivity index (χ0n) is 17.0. The van der Waals surface area contributed by atoms with E-state index in [0.29, 0.717) is 47.3 Å². The molecule has 2 heterocycles. The van der Waals surface area contributed by atoms with Crippen molar-refractivity contribution in [3.63, 3.8) is 0 Å². The number of aromatic nitrogens is 2. The van der Waals surface area contributed by atoms with Crippen LogP contribution < -0.4 is 9.64 Å². The molecule has 1 aliphatic rings. The molecule has 29 heavy (non-hydrogen) atoms. The Morgan fingerprint density at radius 3 is 2.59 bits per heavy atom. The number of aliphatic hydroxyl groups excluding tert-OH is 1. The van der Waals surface area contributed by atoms with Gasteiger partial charge in [0.15, 0.2) is 15.7 Å². The highest BCUT2D eigenvalue weighted by Crippen LogP contribution is 2.29. The normalized spacial score (nSPS) is 16.7. The summed E-state index contributed by atoms with van der Waals surface area (Å²) >= 11 is 0. The van der Waals surface area contributed by atoms with Crippen LogP contribution in [0, 0.1) is 11.8 Å². The molecule has 0 spiro atoms. The van der Waals surface area contributed by atoms with E-state index >= 15 is 0 Å². The van der Waals surface area contributed by atoms with Crippen LogP contribution in [-0.2, 0) is 16.3 Å². The van der Waals surface area contributed by atoms with Crippen molar-refractivity contribution in [2.24, 2.45) is 11.8 Å². The summed E-state index contributed by atoms with van der Waals surface area (Å²) in [6.07, 6.45) is 4.67. The number of ether oxygens (including phenoxy) is 1. The monoisotopic (exact) mass is 423 g/mol. The summed E-state index contributed by atoms with van der Waals surface area (Å²) in [5.41, 5.74) is 0. The Hall–Kier alpha value is -2.13. The van der Waals surface area contributed by atoms with Gasteiger partial charge in [-0.3, -0.25) is 0 Å². The van der Waals surface area contributed by atoms with Gasteiger partial charge in [-0.1, -0.05) is 12.1 Å². The Morgan fingerprint density at radius 1 is 1.28 bits per heavy atom. The fourth-order valence-electron chi connectivity index (χ4n) is 3.62. The zero-order valence-corrected chi connectivity index (χ0v) is 17.8. The first-order chi connectivity index (χ1) is 13.9. The molecule has 8 nitrogen and oxygen atoms in total. The third kappa shape index (κ3) is 5.93. The van der Waals surface area contributed by atoms with E-state index in [2.05, 4.69) is 22.0 Å². The molecule has 2 aromatic rings. The molecule has 9 heteroatoms. The minimum absolute atomic E-state index is 0.0164. The number of benzene rings is 1. The second kappa shape index (κ2) is 9.58. The van der Waals surface area contributed by atoms with E-state index in [1.165, 1.54) is 6.26 Å². The average Bonchev–Trinajstić information content (AvgIpc) is 3.17. The van der Waals surface area contributed by atoms with Crippen LogP contribution >= 0.6 is 0 Å². The van der Waals surface area contributed by atoms with E-state index in [9.17, 15) is 8.42 Å². The van der Waals surface area contributed by atoms with Crippen molar-refractivity contribution >= 4 is 15.9 Å². The Balaban J connectivity index is 1.41. The molecule has 1 aromatic heterocycles. The molecular weight excluding hydrogens is 394 g/mol. The Kier molecular flexibility index (Phi) is 7.13. The maximum atomic E-state index is 11.5. The van der Waals surface area contributed by atoms with Gasteiger partial charge in [-0.05, 0) is 55.4 Å². The maximum absolute atomic E-state index is 11.5. The number of hydrogen-bond acceptors (Lipinski definition) is 8. The average molecular weight is 424 g/mol. The quantitative estimate of drug-likeness (QED) is 0.655. The molecular formula is C20H29N3O5S. The van der Waals surface area contributed by atoms with Crippen molar-refractivity contribution in [3.05, 3.63) is 30.1 Å². The minimum atomic E-state index is -3.18. The van der Waals surface area contributed by atoms with Crippen molar-refractivity contribution in [1.82, 2.24) is 10.1 Å². The van der Waals surface area contributed by atoms with Crippen molar-refractivity contribution in [2.75, 3.05) is 37.5 Å². The largest absolute Gasteiger partial charge is 0.494 e. The number of anilines is 1. The molecule has 1 saturated heterocycles. The van der Waals surface area contributed by atoms with E-state index < -0.39 is 9.84 Å². The topological polar surface area (TPSA) is 106 Å². The lowest BCUT2D eigenvalue weighted by Crippen LogP contribution is -2.36. The molecule has 1 fully saturated rings. The third-order valence-corrected chi connectivity index (χ3v) is 6.63. The molecule has 0 radical (unpaired) electrons. The van der Waals surface area contributed by atoms with Gasteiger partial charge in [0.1, 0.15) is 5.75 Å². The summed E-state index contributed by atoms with van der Waals surface area (Å²) in [5.74, 6) is 2.37. The predicted molar refractivity (Wildman–Crippen MR) is 109 cm³/mol. The molecule has 0 unspecified atom stereocenters. The first-order valence-electron chi connectivity index (χ1n) is 9.98. The fourth-order valence-corrected chi connectivity index (χ4v) is 4.25. The zero-order chi connectivity index (χ0) is 20.9. The number of sulfone groups is 1. The Morgan fingerprint density at radius 2 is 1.97 bits per heavy atom. The molecule has 0 amide bonds. The number of rotatable bonds is 9. The van der Waals surface area contributed by atoms with Crippen molar-refractivity contribution in [3.8, 4) is 5.75 Å². The number of piperidine rings is 1. The van der Waals surface area contributed by atoms with Crippen LogP contribution in [-0.4, -0.2) is 56.2 Å². The maximum Gasteiger partial charge on any atom is 0.324 e. The third-order valence-electron chi connectivity index (χ3n) is 5.50. The van der Waals surface area contributed by atoms with Crippen molar-refractivity contribution < 1.29 is 22.8 Å². The van der Waals surface area contributed by atoms with Gasteiger partial charge in [0, 0.05) is 25.8 Å². The van der Waals surface area contributed by atoms with E-state index in [1.807, 2.05) is 0 Å². The van der Waals surface area contributed by atoms with Gasteiger partial charge >= 0.3 is 6.01 Å². The Labute approximate surface area is 171 Å².